The lowest BCUT2D eigenvalue weighted by molar-refractivity contribution is -0.142. The quantitative estimate of drug-likeness (QED) is 0.434. The summed E-state index contributed by atoms with van der Waals surface area (Å²) in [6.07, 6.45) is -4.80. The van der Waals surface area contributed by atoms with Crippen molar-refractivity contribution >= 4 is 28.8 Å². The number of nitrogens with zero attached hydrogens (tertiary/aromatic N) is 2. The van der Waals surface area contributed by atoms with E-state index in [0.717, 1.165) is 17.2 Å². The van der Waals surface area contributed by atoms with Crippen LogP contribution >= 0.6 is 0 Å². The highest BCUT2D eigenvalue weighted by molar-refractivity contribution is 6.00. The summed E-state index contributed by atoms with van der Waals surface area (Å²) in [7, 11) is 0. The summed E-state index contributed by atoms with van der Waals surface area (Å²) in [5, 5.41) is 16.1. The lowest BCUT2D eigenvalue weighted by Gasteiger charge is -2.31. The molecule has 1 aromatic heterocycles. The summed E-state index contributed by atoms with van der Waals surface area (Å²) in [4.78, 5) is 32.5. The zero-order valence-corrected chi connectivity index (χ0v) is 18.2. The van der Waals surface area contributed by atoms with E-state index >= 15 is 0 Å². The molecule has 3 heterocycles. The minimum Gasteiger partial charge on any atom is -0.374 e. The Labute approximate surface area is 192 Å². The summed E-state index contributed by atoms with van der Waals surface area (Å²) in [6.45, 7) is 2.13. The van der Waals surface area contributed by atoms with Gasteiger partial charge in [-0.25, -0.2) is 4.98 Å². The van der Waals surface area contributed by atoms with Crippen LogP contribution in [0.25, 0.3) is 11.0 Å². The number of benzene rings is 2. The third-order valence-electron chi connectivity index (χ3n) is 6.36. The van der Waals surface area contributed by atoms with Crippen molar-refractivity contribution in [2.45, 2.75) is 51.3 Å². The number of rotatable bonds is 4. The van der Waals surface area contributed by atoms with Crippen LogP contribution in [0, 0.1) is 6.92 Å². The molecule has 0 spiro atoms. The summed E-state index contributed by atoms with van der Waals surface area (Å²) < 4.78 is 39.5. The number of hydrogen-bond acceptors (Lipinski definition) is 6. The van der Waals surface area contributed by atoms with Crippen molar-refractivity contribution in [3.63, 3.8) is 0 Å². The topological polar surface area (TPSA) is 110 Å². The van der Waals surface area contributed by atoms with Crippen LogP contribution in [-0.2, 0) is 28.9 Å². The third kappa shape index (κ3) is 4.01. The SMILES string of the molecule is Cc1cc2[nH]c(NCc3ccc4c(c3)CN(C3CCC(=O)NC3=O)C4O)nc2cc1C(F)(F)F. The number of fused-ring (bicyclic) bond motifs is 2. The fraction of sp³-hybridized carbons (Fsp3) is 0.348. The van der Waals surface area contributed by atoms with Crippen molar-refractivity contribution in [1.29, 1.82) is 0 Å². The lowest BCUT2D eigenvalue weighted by atomic mass is 10.0. The average molecular weight is 473 g/mol. The third-order valence-corrected chi connectivity index (χ3v) is 6.36. The molecule has 2 aliphatic rings. The number of aryl methyl sites for hydroxylation is 1. The fourth-order valence-corrected chi connectivity index (χ4v) is 4.64. The highest BCUT2D eigenvalue weighted by Crippen LogP contribution is 2.36. The van der Waals surface area contributed by atoms with E-state index in [9.17, 15) is 27.9 Å². The molecule has 0 aliphatic carbocycles. The standard InChI is InChI=1S/C23H22F3N5O3/c1-11-6-16-17(8-15(11)23(24,25)26)29-22(28-16)27-9-12-2-3-14-13(7-12)10-31(21(14)34)18-4-5-19(32)30-20(18)33/h2-3,6-8,18,21,34H,4-5,9-10H2,1H3,(H2,27,28,29)(H,30,32,33). The van der Waals surface area contributed by atoms with E-state index < -0.39 is 29.9 Å². The number of nitrogens with one attached hydrogen (secondary N) is 3. The summed E-state index contributed by atoms with van der Waals surface area (Å²) >= 11 is 0. The molecule has 2 aromatic carbocycles. The van der Waals surface area contributed by atoms with Crippen molar-refractivity contribution in [3.8, 4) is 0 Å². The van der Waals surface area contributed by atoms with Crippen molar-refractivity contribution in [2.24, 2.45) is 0 Å². The number of aliphatic hydroxyl groups excluding tert-OH is 1. The average Bonchev–Trinajstić information content (AvgIpc) is 3.31. The van der Waals surface area contributed by atoms with Crippen molar-refractivity contribution in [1.82, 2.24) is 20.2 Å². The maximum Gasteiger partial charge on any atom is 0.416 e. The summed E-state index contributed by atoms with van der Waals surface area (Å²) in [5.74, 6) is -0.366. The Morgan fingerprint density at radius 1 is 1.24 bits per heavy atom. The van der Waals surface area contributed by atoms with Crippen LogP contribution in [0.4, 0.5) is 19.1 Å². The highest BCUT2D eigenvalue weighted by atomic mass is 19.4. The summed E-state index contributed by atoms with van der Waals surface area (Å²) in [5.41, 5.74) is 2.58. The number of carbonyl (C=O) groups excluding carboxylic acids is 2. The molecule has 0 bridgehead atoms. The van der Waals surface area contributed by atoms with Crippen LogP contribution in [0.1, 0.15) is 46.9 Å². The number of halogens is 3. The van der Waals surface area contributed by atoms with Gasteiger partial charge in [0, 0.05) is 19.5 Å². The smallest absolute Gasteiger partial charge is 0.374 e. The van der Waals surface area contributed by atoms with Crippen molar-refractivity contribution < 1.29 is 27.9 Å². The molecule has 34 heavy (non-hydrogen) atoms. The normalized spacial score (nSPS) is 21.1. The Morgan fingerprint density at radius 2 is 2.03 bits per heavy atom. The number of piperidine rings is 1. The van der Waals surface area contributed by atoms with E-state index in [-0.39, 0.29) is 23.4 Å². The van der Waals surface area contributed by atoms with Gasteiger partial charge in [0.15, 0.2) is 0 Å². The van der Waals surface area contributed by atoms with Gasteiger partial charge in [0.2, 0.25) is 17.8 Å². The van der Waals surface area contributed by atoms with E-state index in [1.54, 1.807) is 11.0 Å². The molecule has 4 N–H and O–H groups in total. The number of aromatic amines is 1. The van der Waals surface area contributed by atoms with Gasteiger partial charge >= 0.3 is 6.18 Å². The van der Waals surface area contributed by atoms with E-state index in [0.29, 0.717) is 36.5 Å². The predicted octanol–water partition coefficient (Wildman–Crippen LogP) is 3.11. The molecule has 5 rings (SSSR count). The number of imide groups is 1. The zero-order chi connectivity index (χ0) is 24.2. The molecule has 1 saturated heterocycles. The first-order chi connectivity index (χ1) is 16.1. The van der Waals surface area contributed by atoms with E-state index in [4.69, 9.17) is 0 Å². The van der Waals surface area contributed by atoms with Crippen LogP contribution < -0.4 is 10.6 Å². The molecule has 2 atom stereocenters. The maximum absolute atomic E-state index is 13.2. The van der Waals surface area contributed by atoms with Gasteiger partial charge in [-0.3, -0.25) is 19.8 Å². The molecule has 11 heteroatoms. The Balaban J connectivity index is 1.30. The number of H-pyrrole nitrogens is 1. The Kier molecular flexibility index (Phi) is 5.33. The lowest BCUT2D eigenvalue weighted by Crippen LogP contribution is -2.51. The van der Waals surface area contributed by atoms with Gasteiger partial charge in [-0.05, 0) is 47.7 Å². The fourth-order valence-electron chi connectivity index (χ4n) is 4.64. The minimum atomic E-state index is -4.44. The first-order valence-electron chi connectivity index (χ1n) is 10.8. The number of imidazole rings is 1. The van der Waals surface area contributed by atoms with Crippen LogP contribution in [0.15, 0.2) is 30.3 Å². The molecule has 3 aromatic rings. The number of aliphatic hydroxyl groups is 1. The Bertz CT molecular complexity index is 1300. The van der Waals surface area contributed by atoms with Gasteiger partial charge in [-0.2, -0.15) is 13.2 Å². The second kappa shape index (κ2) is 8.10. The number of carbonyl (C=O) groups is 2. The monoisotopic (exact) mass is 473 g/mol. The van der Waals surface area contributed by atoms with Crippen molar-refractivity contribution in [3.05, 3.63) is 58.1 Å². The summed E-state index contributed by atoms with van der Waals surface area (Å²) in [6, 6.07) is 7.41. The molecule has 0 saturated carbocycles. The molecule has 8 nitrogen and oxygen atoms in total. The second-order valence-corrected chi connectivity index (χ2v) is 8.67. The van der Waals surface area contributed by atoms with Gasteiger partial charge in [0.05, 0.1) is 22.6 Å². The number of anilines is 1. The van der Waals surface area contributed by atoms with E-state index in [2.05, 4.69) is 20.6 Å². The molecular weight excluding hydrogens is 451 g/mol. The molecule has 0 radical (unpaired) electrons. The molecule has 2 aliphatic heterocycles. The van der Waals surface area contributed by atoms with Crippen LogP contribution in [-0.4, -0.2) is 37.8 Å². The zero-order valence-electron chi connectivity index (χ0n) is 18.2. The van der Waals surface area contributed by atoms with Gasteiger partial charge in [0.25, 0.3) is 0 Å². The van der Waals surface area contributed by atoms with E-state index in [1.807, 2.05) is 12.1 Å². The van der Waals surface area contributed by atoms with Crippen LogP contribution in [0.5, 0.6) is 0 Å². The second-order valence-electron chi connectivity index (χ2n) is 8.67. The number of amides is 2. The minimum absolute atomic E-state index is 0.118. The maximum atomic E-state index is 13.2. The highest BCUT2D eigenvalue weighted by Gasteiger charge is 2.39. The number of alkyl halides is 3. The number of aromatic nitrogens is 2. The van der Waals surface area contributed by atoms with Gasteiger partial charge in [-0.1, -0.05) is 18.2 Å². The van der Waals surface area contributed by atoms with E-state index in [1.165, 1.54) is 13.0 Å². The number of hydrogen-bond donors (Lipinski definition) is 4. The van der Waals surface area contributed by atoms with Crippen LogP contribution in [0.3, 0.4) is 0 Å². The van der Waals surface area contributed by atoms with Gasteiger partial charge in [-0.15, -0.1) is 0 Å². The molecule has 2 amide bonds. The molecular formula is C23H22F3N5O3. The molecule has 178 valence electrons. The predicted molar refractivity (Wildman–Crippen MR) is 116 cm³/mol. The Morgan fingerprint density at radius 3 is 2.76 bits per heavy atom. The van der Waals surface area contributed by atoms with Gasteiger partial charge < -0.3 is 15.4 Å². The van der Waals surface area contributed by atoms with Crippen LogP contribution in [0.2, 0.25) is 0 Å². The Hall–Kier alpha value is -3.44. The largest absolute Gasteiger partial charge is 0.416 e. The first kappa shape index (κ1) is 22.4. The van der Waals surface area contributed by atoms with Gasteiger partial charge in [0.1, 0.15) is 6.23 Å². The van der Waals surface area contributed by atoms with Crippen molar-refractivity contribution in [2.75, 3.05) is 5.32 Å². The molecule has 1 fully saturated rings. The first-order valence-corrected chi connectivity index (χ1v) is 10.8. The molecule has 2 unspecified atom stereocenters.